The summed E-state index contributed by atoms with van der Waals surface area (Å²) in [6.07, 6.45) is 1.46. The summed E-state index contributed by atoms with van der Waals surface area (Å²) in [5.74, 6) is -2.12. The van der Waals surface area contributed by atoms with Crippen LogP contribution in [0.3, 0.4) is 0 Å². The summed E-state index contributed by atoms with van der Waals surface area (Å²) in [5.41, 5.74) is 0.742. The van der Waals surface area contributed by atoms with Gasteiger partial charge in [0.2, 0.25) is 0 Å². The molecule has 0 saturated heterocycles. The molecular weight excluding hydrogens is 314 g/mol. The van der Waals surface area contributed by atoms with Gasteiger partial charge in [0.15, 0.2) is 17.5 Å². The fourth-order valence-corrected chi connectivity index (χ4v) is 2.33. The molecule has 120 valence electrons. The van der Waals surface area contributed by atoms with Crippen LogP contribution in [0.15, 0.2) is 36.5 Å². The van der Waals surface area contributed by atoms with Gasteiger partial charge in [0.05, 0.1) is 30.0 Å². The molecule has 0 unspecified atom stereocenters. The molecule has 1 aromatic heterocycles. The zero-order valence-corrected chi connectivity index (χ0v) is 12.9. The number of anilines is 2. The second-order valence-electron chi connectivity index (χ2n) is 4.99. The van der Waals surface area contributed by atoms with Gasteiger partial charge in [-0.15, -0.1) is 0 Å². The largest absolute Gasteiger partial charge is 0.495 e. The minimum Gasteiger partial charge on any atom is -0.495 e. The summed E-state index contributed by atoms with van der Waals surface area (Å²) in [6, 6.07) is 10.1. The maximum Gasteiger partial charge on any atom is 0.184 e. The van der Waals surface area contributed by atoms with Crippen LogP contribution in [0.5, 0.6) is 5.75 Å². The van der Waals surface area contributed by atoms with Crippen LogP contribution in [-0.2, 0) is 0 Å². The highest BCUT2D eigenvalue weighted by Gasteiger charge is 2.22. The van der Waals surface area contributed by atoms with Crippen LogP contribution in [0.25, 0.3) is 11.0 Å². The molecule has 0 N–H and O–H groups in total. The lowest BCUT2D eigenvalue weighted by molar-refractivity contribution is 0.404. The molecule has 7 heteroatoms. The quantitative estimate of drug-likeness (QED) is 0.736. The number of ether oxygens (including phenoxy) is 1. The Morgan fingerprint density at radius 3 is 2.54 bits per heavy atom. The predicted molar refractivity (Wildman–Crippen MR) is 85.2 cm³/mol. The number of methoxy groups -OCH3 is 1. The van der Waals surface area contributed by atoms with E-state index < -0.39 is 17.2 Å². The average Bonchev–Trinajstić information content (AvgIpc) is 2.62. The van der Waals surface area contributed by atoms with E-state index in [0.29, 0.717) is 16.9 Å². The lowest BCUT2D eigenvalue weighted by Crippen LogP contribution is -2.15. The second-order valence-corrected chi connectivity index (χ2v) is 4.99. The predicted octanol–water partition coefficient (Wildman–Crippen LogP) is 3.56. The number of aromatic nitrogens is 2. The van der Waals surface area contributed by atoms with E-state index in [2.05, 4.69) is 9.97 Å². The first-order chi connectivity index (χ1) is 11.6. The zero-order valence-electron chi connectivity index (χ0n) is 12.9. The van der Waals surface area contributed by atoms with Gasteiger partial charge in [-0.1, -0.05) is 12.1 Å². The van der Waals surface area contributed by atoms with Crippen LogP contribution in [0.4, 0.5) is 20.3 Å². The van der Waals surface area contributed by atoms with Gasteiger partial charge in [-0.3, -0.25) is 4.98 Å². The molecule has 0 fully saturated rings. The highest BCUT2D eigenvalue weighted by atomic mass is 19.2. The van der Waals surface area contributed by atoms with Crippen molar-refractivity contribution in [1.82, 2.24) is 9.97 Å². The van der Waals surface area contributed by atoms with Gasteiger partial charge < -0.3 is 9.64 Å². The van der Waals surface area contributed by atoms with Crippen molar-refractivity contribution in [1.29, 1.82) is 5.26 Å². The Hall–Kier alpha value is -3.27. The van der Waals surface area contributed by atoms with Gasteiger partial charge in [0.25, 0.3) is 0 Å². The maximum absolute atomic E-state index is 14.3. The van der Waals surface area contributed by atoms with Crippen molar-refractivity contribution < 1.29 is 13.5 Å². The summed E-state index contributed by atoms with van der Waals surface area (Å²) in [5, 5.41) is 8.95. The molecule has 0 aliphatic rings. The molecule has 0 saturated carbocycles. The Labute approximate surface area is 136 Å². The van der Waals surface area contributed by atoms with E-state index in [1.807, 2.05) is 12.1 Å². The van der Waals surface area contributed by atoms with Crippen molar-refractivity contribution in [3.63, 3.8) is 0 Å². The number of nitriles is 1. The van der Waals surface area contributed by atoms with E-state index >= 15 is 0 Å². The molecule has 2 aromatic carbocycles. The Bertz CT molecular complexity index is 969. The van der Waals surface area contributed by atoms with Crippen LogP contribution >= 0.6 is 0 Å². The highest BCUT2D eigenvalue weighted by Crippen LogP contribution is 2.34. The highest BCUT2D eigenvalue weighted by molar-refractivity contribution is 5.76. The third-order valence-electron chi connectivity index (χ3n) is 3.62. The Morgan fingerprint density at radius 2 is 1.88 bits per heavy atom. The zero-order chi connectivity index (χ0) is 17.3. The molecule has 0 radical (unpaired) electrons. The molecular formula is C17H12F2N4O. The van der Waals surface area contributed by atoms with Gasteiger partial charge >= 0.3 is 0 Å². The average molecular weight is 326 g/mol. The summed E-state index contributed by atoms with van der Waals surface area (Å²) in [6.45, 7) is 0. The second kappa shape index (κ2) is 6.08. The Morgan fingerprint density at radius 1 is 1.17 bits per heavy atom. The van der Waals surface area contributed by atoms with Crippen molar-refractivity contribution in [3.8, 4) is 11.8 Å². The first kappa shape index (κ1) is 15.6. The minimum absolute atomic E-state index is 0.0491. The van der Waals surface area contributed by atoms with E-state index in [1.165, 1.54) is 31.3 Å². The van der Waals surface area contributed by atoms with Crippen LogP contribution in [0.1, 0.15) is 5.56 Å². The summed E-state index contributed by atoms with van der Waals surface area (Å²) in [4.78, 5) is 9.99. The van der Waals surface area contributed by atoms with Crippen molar-refractivity contribution >= 4 is 22.5 Å². The third-order valence-corrected chi connectivity index (χ3v) is 3.62. The van der Waals surface area contributed by atoms with Gasteiger partial charge in [-0.25, -0.2) is 13.8 Å². The fraction of sp³-hybridized carbons (Fsp3) is 0.118. The van der Waals surface area contributed by atoms with Gasteiger partial charge in [0, 0.05) is 13.1 Å². The SMILES string of the molecule is COc1cc(N(C)c2cnc3ccccc3n2)c(F)c(F)c1C#N. The molecule has 24 heavy (non-hydrogen) atoms. The lowest BCUT2D eigenvalue weighted by atomic mass is 10.1. The van der Waals surface area contributed by atoms with Gasteiger partial charge in [-0.05, 0) is 12.1 Å². The van der Waals surface area contributed by atoms with Crippen LogP contribution < -0.4 is 9.64 Å². The van der Waals surface area contributed by atoms with Crippen molar-refractivity contribution in [2.45, 2.75) is 0 Å². The molecule has 3 rings (SSSR count). The van der Waals surface area contributed by atoms with E-state index in [1.54, 1.807) is 18.2 Å². The fourth-order valence-electron chi connectivity index (χ4n) is 2.33. The molecule has 1 heterocycles. The summed E-state index contributed by atoms with van der Waals surface area (Å²) < 4.78 is 33.4. The van der Waals surface area contributed by atoms with Crippen molar-refractivity contribution in [2.24, 2.45) is 0 Å². The number of rotatable bonds is 3. The molecule has 0 atom stereocenters. The normalized spacial score (nSPS) is 10.5. The van der Waals surface area contributed by atoms with E-state index in [-0.39, 0.29) is 11.4 Å². The van der Waals surface area contributed by atoms with Gasteiger partial charge in [-0.2, -0.15) is 5.26 Å². The number of fused-ring (bicyclic) bond motifs is 1. The summed E-state index contributed by atoms with van der Waals surface area (Å²) in [7, 11) is 2.81. The standard InChI is InChI=1S/C17H12F2N4O/c1-23(15-9-21-11-5-3-4-6-12(11)22-15)13-7-14(24-2)10(8-20)16(18)17(13)19/h3-7,9H,1-2H3. The molecule has 0 spiro atoms. The lowest BCUT2D eigenvalue weighted by Gasteiger charge is -2.20. The number of para-hydroxylation sites is 2. The third kappa shape index (κ3) is 2.48. The molecule has 0 aliphatic carbocycles. The van der Waals surface area contributed by atoms with Crippen LogP contribution in [0, 0.1) is 23.0 Å². The first-order valence-electron chi connectivity index (χ1n) is 6.98. The van der Waals surface area contributed by atoms with E-state index in [9.17, 15) is 8.78 Å². The number of halogens is 2. The van der Waals surface area contributed by atoms with Crippen LogP contribution in [-0.4, -0.2) is 24.1 Å². The monoisotopic (exact) mass is 326 g/mol. The molecule has 5 nitrogen and oxygen atoms in total. The van der Waals surface area contributed by atoms with Crippen LogP contribution in [0.2, 0.25) is 0 Å². The first-order valence-corrected chi connectivity index (χ1v) is 6.98. The number of benzene rings is 2. The Balaban J connectivity index is 2.13. The van der Waals surface area contributed by atoms with E-state index in [4.69, 9.17) is 10.00 Å². The van der Waals surface area contributed by atoms with Gasteiger partial charge in [0.1, 0.15) is 17.4 Å². The van der Waals surface area contributed by atoms with Crippen molar-refractivity contribution in [2.75, 3.05) is 19.1 Å². The molecule has 0 bridgehead atoms. The minimum atomic E-state index is -1.26. The number of nitrogens with zero attached hydrogens (tertiary/aromatic N) is 4. The molecule has 0 amide bonds. The maximum atomic E-state index is 14.3. The van der Waals surface area contributed by atoms with Crippen molar-refractivity contribution in [3.05, 3.63) is 53.7 Å². The number of hydrogen-bond donors (Lipinski definition) is 0. The summed E-state index contributed by atoms with van der Waals surface area (Å²) >= 11 is 0. The smallest absolute Gasteiger partial charge is 0.184 e. The topological polar surface area (TPSA) is 62.0 Å². The Kier molecular flexibility index (Phi) is 3.96. The number of hydrogen-bond acceptors (Lipinski definition) is 5. The molecule has 3 aromatic rings. The molecule has 0 aliphatic heterocycles. The van der Waals surface area contributed by atoms with E-state index in [0.717, 1.165) is 0 Å².